The Balaban J connectivity index is 1.83. The fourth-order valence-electron chi connectivity index (χ4n) is 5.20. The van der Waals surface area contributed by atoms with Gasteiger partial charge in [0, 0.05) is 29.3 Å². The Labute approximate surface area is 224 Å². The molecule has 0 unspecified atom stereocenters. The number of halogens is 1. The maximum Gasteiger partial charge on any atom is 0.336 e. The summed E-state index contributed by atoms with van der Waals surface area (Å²) >= 11 is 3.55. The Morgan fingerprint density at radius 1 is 0.892 bits per heavy atom. The fourth-order valence-corrected chi connectivity index (χ4v) is 5.82. The summed E-state index contributed by atoms with van der Waals surface area (Å²) < 4.78 is 27.6. The third kappa shape index (κ3) is 4.80. The molecule has 0 fully saturated rings. The number of hydrogen-bond donors (Lipinski definition) is 1. The van der Waals surface area contributed by atoms with E-state index in [0.717, 1.165) is 16.8 Å². The maximum absolute atomic E-state index is 13.8. The molecule has 2 atom stereocenters. The molecule has 8 nitrogen and oxygen atoms in total. The number of allylic oxidation sites excluding steroid dienone is 3. The summed E-state index contributed by atoms with van der Waals surface area (Å²) in [6.07, 6.45) is 0.877. The lowest BCUT2D eigenvalue weighted by Gasteiger charge is -2.37. The molecule has 1 N–H and O–H groups in total. The lowest BCUT2D eigenvalue weighted by Crippen LogP contribution is -2.36. The van der Waals surface area contributed by atoms with Crippen LogP contribution in [-0.4, -0.2) is 47.3 Å². The Hall–Kier alpha value is -3.46. The van der Waals surface area contributed by atoms with E-state index in [0.29, 0.717) is 50.7 Å². The van der Waals surface area contributed by atoms with Crippen LogP contribution in [0, 0.1) is 0 Å². The van der Waals surface area contributed by atoms with Crippen LogP contribution in [0.4, 0.5) is 0 Å². The normalized spacial score (nSPS) is 19.2. The lowest BCUT2D eigenvalue weighted by atomic mass is 9.71. The van der Waals surface area contributed by atoms with Crippen LogP contribution in [0.15, 0.2) is 57.3 Å². The molecule has 1 aliphatic carbocycles. The Morgan fingerprint density at radius 2 is 1.57 bits per heavy atom. The van der Waals surface area contributed by atoms with Crippen molar-refractivity contribution in [1.29, 1.82) is 0 Å². The van der Waals surface area contributed by atoms with Gasteiger partial charge in [0.2, 0.25) is 0 Å². The lowest BCUT2D eigenvalue weighted by molar-refractivity contribution is -0.136. The van der Waals surface area contributed by atoms with E-state index in [1.165, 1.54) is 7.11 Å². The van der Waals surface area contributed by atoms with E-state index in [1.54, 1.807) is 34.5 Å². The largest absolute Gasteiger partial charge is 0.493 e. The van der Waals surface area contributed by atoms with Crippen molar-refractivity contribution in [3.63, 3.8) is 0 Å². The minimum atomic E-state index is -0.626. The number of benzene rings is 2. The third-order valence-electron chi connectivity index (χ3n) is 6.90. The molecule has 2 aromatic rings. The molecule has 0 saturated heterocycles. The molecule has 9 heteroatoms. The van der Waals surface area contributed by atoms with E-state index in [1.807, 2.05) is 31.2 Å². The Bertz CT molecular complexity index is 1310. The second kappa shape index (κ2) is 10.9. The van der Waals surface area contributed by atoms with Crippen LogP contribution in [0.3, 0.4) is 0 Å². The summed E-state index contributed by atoms with van der Waals surface area (Å²) in [7, 11) is 7.61. The van der Waals surface area contributed by atoms with Crippen molar-refractivity contribution in [2.45, 2.75) is 31.6 Å². The molecule has 2 aromatic carbocycles. The molecule has 0 spiro atoms. The minimum Gasteiger partial charge on any atom is -0.493 e. The zero-order valence-electron chi connectivity index (χ0n) is 21.7. The predicted octanol–water partition coefficient (Wildman–Crippen LogP) is 5.02. The highest BCUT2D eigenvalue weighted by Gasteiger charge is 2.42. The van der Waals surface area contributed by atoms with Crippen molar-refractivity contribution in [3.05, 3.63) is 68.5 Å². The third-order valence-corrected chi connectivity index (χ3v) is 7.49. The molecule has 2 aliphatic rings. The SMILES string of the molecule is COC(=O)C1=C(C)NC2=C(C(=O)C[C@@H](c3ccc(OC)c(OC)c3)C2)[C@H]1c1cc(Br)c(OC)c(OC)c1. The number of nitrogens with one attached hydrogen (secondary N) is 1. The van der Waals surface area contributed by atoms with Crippen molar-refractivity contribution in [2.75, 3.05) is 35.5 Å². The van der Waals surface area contributed by atoms with E-state index in [-0.39, 0.29) is 18.1 Å². The first-order chi connectivity index (χ1) is 17.8. The van der Waals surface area contributed by atoms with Crippen LogP contribution in [0.2, 0.25) is 0 Å². The molecular weight excluding hydrogens is 542 g/mol. The molecule has 37 heavy (non-hydrogen) atoms. The number of carbonyl (C=O) groups excluding carboxylic acids is 2. The zero-order chi connectivity index (χ0) is 26.9. The highest BCUT2D eigenvalue weighted by Crippen LogP contribution is 2.48. The van der Waals surface area contributed by atoms with Gasteiger partial charge in [-0.3, -0.25) is 4.79 Å². The highest BCUT2D eigenvalue weighted by molar-refractivity contribution is 9.10. The standard InChI is InChI=1S/C28H30BrNO7/c1-14-24(28(32)37-6)25(17-9-18(29)27(36-5)23(13-17)35-4)26-19(30-14)10-16(11-20(26)31)15-7-8-21(33-2)22(12-15)34-3/h7-9,12-13,16,25,30H,10-11H2,1-6H3/t16-,25-/m0/s1. The molecule has 196 valence electrons. The number of ether oxygens (including phenoxy) is 5. The summed E-state index contributed by atoms with van der Waals surface area (Å²) in [5, 5.41) is 3.34. The monoisotopic (exact) mass is 571 g/mol. The van der Waals surface area contributed by atoms with Gasteiger partial charge in [-0.05, 0) is 70.6 Å². The molecule has 4 rings (SSSR count). The molecule has 1 aliphatic heterocycles. The van der Waals surface area contributed by atoms with E-state index in [2.05, 4.69) is 21.2 Å². The van der Waals surface area contributed by atoms with Gasteiger partial charge in [-0.1, -0.05) is 6.07 Å². The number of carbonyl (C=O) groups is 2. The number of rotatable bonds is 7. The summed E-state index contributed by atoms with van der Waals surface area (Å²) in [4.78, 5) is 26.8. The number of Topliss-reactive ketones (excluding diaryl/α,β-unsaturated/α-hetero) is 1. The van der Waals surface area contributed by atoms with Crippen LogP contribution >= 0.6 is 15.9 Å². The summed E-state index contributed by atoms with van der Waals surface area (Å²) in [6, 6.07) is 9.37. The smallest absolute Gasteiger partial charge is 0.336 e. The van der Waals surface area contributed by atoms with Crippen LogP contribution in [0.1, 0.15) is 42.7 Å². The number of methoxy groups -OCH3 is 5. The summed E-state index contributed by atoms with van der Waals surface area (Å²) in [5.41, 5.74) is 4.07. The van der Waals surface area contributed by atoms with Crippen LogP contribution in [0.25, 0.3) is 0 Å². The number of ketones is 1. The average molecular weight is 572 g/mol. The van der Waals surface area contributed by atoms with Gasteiger partial charge in [0.15, 0.2) is 28.8 Å². The molecule has 0 bridgehead atoms. The van der Waals surface area contributed by atoms with Gasteiger partial charge in [-0.25, -0.2) is 4.79 Å². The van der Waals surface area contributed by atoms with Crippen molar-refractivity contribution in [3.8, 4) is 23.0 Å². The van der Waals surface area contributed by atoms with E-state index in [9.17, 15) is 9.59 Å². The van der Waals surface area contributed by atoms with Gasteiger partial charge in [-0.2, -0.15) is 0 Å². The van der Waals surface area contributed by atoms with Gasteiger partial charge >= 0.3 is 5.97 Å². The van der Waals surface area contributed by atoms with Gasteiger partial charge < -0.3 is 29.0 Å². The average Bonchev–Trinajstić information content (AvgIpc) is 2.90. The van der Waals surface area contributed by atoms with Crippen molar-refractivity contribution >= 4 is 27.7 Å². The van der Waals surface area contributed by atoms with Crippen molar-refractivity contribution in [1.82, 2.24) is 5.32 Å². The molecule has 0 amide bonds. The summed E-state index contributed by atoms with van der Waals surface area (Å²) in [5.74, 6) is 1.02. The van der Waals surface area contributed by atoms with Gasteiger partial charge in [0.25, 0.3) is 0 Å². The Morgan fingerprint density at radius 3 is 2.19 bits per heavy atom. The fraction of sp³-hybridized carbons (Fsp3) is 0.357. The van der Waals surface area contributed by atoms with E-state index < -0.39 is 11.9 Å². The van der Waals surface area contributed by atoms with Crippen molar-refractivity contribution in [2.24, 2.45) is 0 Å². The van der Waals surface area contributed by atoms with Crippen LogP contribution < -0.4 is 24.3 Å². The van der Waals surface area contributed by atoms with Gasteiger partial charge in [-0.15, -0.1) is 0 Å². The van der Waals surface area contributed by atoms with Gasteiger partial charge in [0.1, 0.15) is 0 Å². The first kappa shape index (κ1) is 26.6. The Kier molecular flexibility index (Phi) is 7.82. The molecule has 0 saturated carbocycles. The van der Waals surface area contributed by atoms with Crippen LogP contribution in [0.5, 0.6) is 23.0 Å². The first-order valence-corrected chi connectivity index (χ1v) is 12.5. The predicted molar refractivity (Wildman–Crippen MR) is 141 cm³/mol. The molecular formula is C28H30BrNO7. The summed E-state index contributed by atoms with van der Waals surface area (Å²) in [6.45, 7) is 1.82. The molecule has 1 heterocycles. The first-order valence-electron chi connectivity index (χ1n) is 11.7. The maximum atomic E-state index is 13.8. The van der Waals surface area contributed by atoms with E-state index in [4.69, 9.17) is 23.7 Å². The minimum absolute atomic E-state index is 0.0432. The second-order valence-corrected chi connectivity index (χ2v) is 9.72. The number of hydrogen-bond acceptors (Lipinski definition) is 8. The topological polar surface area (TPSA) is 92.3 Å². The zero-order valence-corrected chi connectivity index (χ0v) is 23.3. The van der Waals surface area contributed by atoms with Crippen LogP contribution in [-0.2, 0) is 14.3 Å². The second-order valence-electron chi connectivity index (χ2n) is 8.86. The number of esters is 1. The molecule has 0 aromatic heterocycles. The number of dihydropyridines is 1. The quantitative estimate of drug-likeness (QED) is 0.463. The molecule has 0 radical (unpaired) electrons. The van der Waals surface area contributed by atoms with Crippen molar-refractivity contribution < 1.29 is 33.3 Å². The highest BCUT2D eigenvalue weighted by atomic mass is 79.9. The van der Waals surface area contributed by atoms with E-state index >= 15 is 0 Å². The van der Waals surface area contributed by atoms with Gasteiger partial charge in [0.05, 0.1) is 45.6 Å².